The molecule has 0 aromatic heterocycles. The zero-order valence-corrected chi connectivity index (χ0v) is 19.1. The van der Waals surface area contributed by atoms with Crippen molar-refractivity contribution in [2.24, 2.45) is 0 Å². The minimum absolute atomic E-state index is 0.0708. The molecular formula is C22H27N3O6S. The van der Waals surface area contributed by atoms with Crippen molar-refractivity contribution in [1.82, 2.24) is 4.31 Å². The van der Waals surface area contributed by atoms with Crippen molar-refractivity contribution in [3.8, 4) is 5.75 Å². The van der Waals surface area contributed by atoms with Crippen molar-refractivity contribution in [3.63, 3.8) is 0 Å². The molecule has 2 atom stereocenters. The molecule has 10 heteroatoms. The van der Waals surface area contributed by atoms with Crippen LogP contribution in [0.3, 0.4) is 0 Å². The zero-order chi connectivity index (χ0) is 23.5. The number of anilines is 1. The summed E-state index contributed by atoms with van der Waals surface area (Å²) in [6.45, 7) is 5.80. The number of nitro benzene ring substituents is 1. The Bertz CT molecular complexity index is 1090. The largest absolute Gasteiger partial charge is 0.487 e. The molecule has 0 saturated carbocycles. The van der Waals surface area contributed by atoms with Gasteiger partial charge in [-0.15, -0.1) is 0 Å². The number of benzene rings is 2. The maximum absolute atomic E-state index is 13.1. The summed E-state index contributed by atoms with van der Waals surface area (Å²) in [5.74, 6) is -0.463. The third kappa shape index (κ3) is 4.91. The Morgan fingerprint density at radius 2 is 1.78 bits per heavy atom. The summed E-state index contributed by atoms with van der Waals surface area (Å²) < 4.78 is 33.0. The van der Waals surface area contributed by atoms with E-state index in [0.29, 0.717) is 5.69 Å². The van der Waals surface area contributed by atoms with Gasteiger partial charge in [0.2, 0.25) is 10.0 Å². The zero-order valence-electron chi connectivity index (χ0n) is 18.3. The first-order valence-electron chi connectivity index (χ1n) is 10.5. The lowest BCUT2D eigenvalue weighted by molar-refractivity contribution is -0.385. The average molecular weight is 462 g/mol. The molecule has 1 N–H and O–H groups in total. The third-order valence-corrected chi connectivity index (χ3v) is 7.66. The first-order chi connectivity index (χ1) is 15.1. The Morgan fingerprint density at radius 1 is 1.16 bits per heavy atom. The predicted octanol–water partition coefficient (Wildman–Crippen LogP) is 4.20. The van der Waals surface area contributed by atoms with Gasteiger partial charge in [-0.25, -0.2) is 8.42 Å². The Morgan fingerprint density at radius 3 is 2.34 bits per heavy atom. The van der Waals surface area contributed by atoms with Crippen LogP contribution in [0.1, 0.15) is 50.4 Å². The van der Waals surface area contributed by atoms with Crippen LogP contribution < -0.4 is 10.1 Å². The van der Waals surface area contributed by atoms with E-state index >= 15 is 0 Å². The first-order valence-corrected chi connectivity index (χ1v) is 11.9. The van der Waals surface area contributed by atoms with E-state index < -0.39 is 20.9 Å². The topological polar surface area (TPSA) is 119 Å². The van der Waals surface area contributed by atoms with E-state index in [1.54, 1.807) is 11.2 Å². The van der Waals surface area contributed by atoms with Gasteiger partial charge < -0.3 is 10.1 Å². The second-order valence-electron chi connectivity index (χ2n) is 7.82. The average Bonchev–Trinajstić information content (AvgIpc) is 2.74. The molecule has 1 fully saturated rings. The van der Waals surface area contributed by atoms with Crippen LogP contribution in [-0.2, 0) is 10.0 Å². The second-order valence-corrected chi connectivity index (χ2v) is 9.66. The number of rotatable bonds is 7. The van der Waals surface area contributed by atoms with Crippen LogP contribution >= 0.6 is 0 Å². The highest BCUT2D eigenvalue weighted by Gasteiger charge is 2.35. The number of hydrogen-bond acceptors (Lipinski definition) is 6. The number of carbonyl (C=O) groups excluding carboxylic acids is 1. The molecule has 2 aromatic rings. The molecule has 0 bridgehead atoms. The van der Waals surface area contributed by atoms with E-state index in [0.717, 1.165) is 25.3 Å². The van der Waals surface area contributed by atoms with Crippen LogP contribution in [0.15, 0.2) is 47.4 Å². The number of nitrogens with zero attached hydrogens (tertiary/aromatic N) is 2. The van der Waals surface area contributed by atoms with Gasteiger partial charge in [-0.1, -0.05) is 6.42 Å². The van der Waals surface area contributed by atoms with Crippen molar-refractivity contribution in [1.29, 1.82) is 0 Å². The quantitative estimate of drug-likeness (QED) is 0.488. The summed E-state index contributed by atoms with van der Waals surface area (Å²) in [5.41, 5.74) is 0.170. The van der Waals surface area contributed by atoms with Crippen LogP contribution in [0.4, 0.5) is 11.4 Å². The van der Waals surface area contributed by atoms with Gasteiger partial charge in [-0.2, -0.15) is 4.31 Å². The Labute approximate surface area is 187 Å². The molecule has 1 saturated heterocycles. The molecule has 9 nitrogen and oxygen atoms in total. The molecule has 1 aliphatic heterocycles. The number of nitro groups is 1. The van der Waals surface area contributed by atoms with Crippen LogP contribution in [-0.4, -0.2) is 42.2 Å². The van der Waals surface area contributed by atoms with Crippen LogP contribution in [0.25, 0.3) is 0 Å². The third-order valence-electron chi connectivity index (χ3n) is 5.52. The highest BCUT2D eigenvalue weighted by atomic mass is 32.2. The van der Waals surface area contributed by atoms with Gasteiger partial charge in [0.05, 0.1) is 16.4 Å². The smallest absolute Gasteiger partial charge is 0.311 e. The van der Waals surface area contributed by atoms with Crippen LogP contribution in [0, 0.1) is 10.1 Å². The number of piperidine rings is 1. The molecule has 1 heterocycles. The molecule has 2 aromatic carbocycles. The molecule has 2 unspecified atom stereocenters. The van der Waals surface area contributed by atoms with E-state index in [4.69, 9.17) is 4.74 Å². The lowest BCUT2D eigenvalue weighted by atomic mass is 10.0. The Hall–Kier alpha value is -2.98. The van der Waals surface area contributed by atoms with Crippen LogP contribution in [0.2, 0.25) is 0 Å². The summed E-state index contributed by atoms with van der Waals surface area (Å²) in [5, 5.41) is 13.9. The maximum Gasteiger partial charge on any atom is 0.311 e. The number of ether oxygens (including phenoxy) is 1. The van der Waals surface area contributed by atoms with Crippen molar-refractivity contribution < 1.29 is 22.9 Å². The normalized spacial score (nSPS) is 19.3. The molecule has 0 spiro atoms. The summed E-state index contributed by atoms with van der Waals surface area (Å²) in [6, 6.07) is 9.76. The number of carbonyl (C=O) groups is 1. The van der Waals surface area contributed by atoms with Gasteiger partial charge in [0.1, 0.15) is 0 Å². The number of nitrogens with one attached hydrogen (secondary N) is 1. The molecule has 0 radical (unpaired) electrons. The molecule has 0 aliphatic carbocycles. The standard InChI is InChI=1S/C22H27N3O6S/c1-4-31-21-13-8-17(14-20(21)25(27)28)22(26)23-18-9-11-19(12-10-18)32(29,30)24-15(2)6-5-7-16(24)3/h8-16H,4-7H2,1-3H3,(H,23,26). The molecule has 32 heavy (non-hydrogen) atoms. The molecule has 1 aliphatic rings. The Balaban J connectivity index is 1.78. The van der Waals surface area contributed by atoms with Gasteiger partial charge >= 0.3 is 5.69 Å². The molecule has 1 amide bonds. The first kappa shape index (κ1) is 23.7. The predicted molar refractivity (Wildman–Crippen MR) is 120 cm³/mol. The lowest BCUT2D eigenvalue weighted by Crippen LogP contribution is -2.47. The highest BCUT2D eigenvalue weighted by Crippen LogP contribution is 2.31. The highest BCUT2D eigenvalue weighted by molar-refractivity contribution is 7.89. The van der Waals surface area contributed by atoms with Gasteiger partial charge in [0, 0.05) is 29.4 Å². The summed E-state index contributed by atoms with van der Waals surface area (Å²) >= 11 is 0. The monoisotopic (exact) mass is 461 g/mol. The lowest BCUT2D eigenvalue weighted by Gasteiger charge is -2.37. The SMILES string of the molecule is CCOc1ccc(C(=O)Nc2ccc(S(=O)(=O)N3C(C)CCCC3C)cc2)cc1[N+](=O)[O-]. The summed E-state index contributed by atoms with van der Waals surface area (Å²) in [4.78, 5) is 23.4. The number of amides is 1. The van der Waals surface area contributed by atoms with Crippen LogP contribution in [0.5, 0.6) is 5.75 Å². The van der Waals surface area contributed by atoms with E-state index in [2.05, 4.69) is 5.32 Å². The molecular weight excluding hydrogens is 434 g/mol. The maximum atomic E-state index is 13.1. The second kappa shape index (κ2) is 9.66. The fourth-order valence-corrected chi connectivity index (χ4v) is 5.87. The van der Waals surface area contributed by atoms with Crippen molar-refractivity contribution >= 4 is 27.3 Å². The number of hydrogen-bond donors (Lipinski definition) is 1. The Kier molecular flexibility index (Phi) is 7.15. The number of sulfonamides is 1. The van der Waals surface area contributed by atoms with Gasteiger partial charge in [-0.3, -0.25) is 14.9 Å². The molecule has 172 valence electrons. The van der Waals surface area contributed by atoms with Crippen molar-refractivity contribution in [3.05, 3.63) is 58.1 Å². The van der Waals surface area contributed by atoms with Crippen molar-refractivity contribution in [2.75, 3.05) is 11.9 Å². The van der Waals surface area contributed by atoms with E-state index in [1.165, 1.54) is 36.4 Å². The van der Waals surface area contributed by atoms with Gasteiger partial charge in [0.15, 0.2) is 5.75 Å². The van der Waals surface area contributed by atoms with Gasteiger partial charge in [0.25, 0.3) is 5.91 Å². The fourth-order valence-electron chi connectivity index (χ4n) is 3.99. The van der Waals surface area contributed by atoms with Crippen molar-refractivity contribution in [2.45, 2.75) is 57.0 Å². The molecule has 3 rings (SSSR count). The van der Waals surface area contributed by atoms with E-state index in [1.807, 2.05) is 13.8 Å². The minimum Gasteiger partial charge on any atom is -0.487 e. The minimum atomic E-state index is -3.65. The fraction of sp³-hybridized carbons (Fsp3) is 0.409. The summed E-state index contributed by atoms with van der Waals surface area (Å²) in [7, 11) is -3.65. The van der Waals surface area contributed by atoms with E-state index in [9.17, 15) is 23.3 Å². The van der Waals surface area contributed by atoms with E-state index in [-0.39, 0.29) is 40.6 Å². The summed E-state index contributed by atoms with van der Waals surface area (Å²) in [6.07, 6.45) is 2.65. The van der Waals surface area contributed by atoms with Gasteiger partial charge in [-0.05, 0) is 70.0 Å².